The molecule has 0 saturated heterocycles. The van der Waals surface area contributed by atoms with E-state index in [1.165, 1.54) is 18.5 Å². The molecule has 0 bridgehead atoms. The lowest BCUT2D eigenvalue weighted by atomic mass is 10.0. The minimum absolute atomic E-state index is 0.00887. The fraction of sp³-hybridized carbons (Fsp3) is 0.286. The molecule has 0 aliphatic carbocycles. The summed E-state index contributed by atoms with van der Waals surface area (Å²) in [6, 6.07) is 5.66. The highest BCUT2D eigenvalue weighted by Gasteiger charge is 2.35. The Balaban J connectivity index is 2.50. The molecule has 2 rings (SSSR count). The van der Waals surface area contributed by atoms with Crippen molar-refractivity contribution in [3.63, 3.8) is 0 Å². The Kier molecular flexibility index (Phi) is 4.41. The molecule has 0 amide bonds. The second-order valence-electron chi connectivity index (χ2n) is 4.69. The largest absolute Gasteiger partial charge is 0.418 e. The average molecular weight is 314 g/mol. The van der Waals surface area contributed by atoms with Crippen molar-refractivity contribution in [1.82, 2.24) is 9.97 Å². The van der Waals surface area contributed by atoms with E-state index in [2.05, 4.69) is 9.97 Å². The zero-order valence-electron chi connectivity index (χ0n) is 11.4. The third-order valence-electron chi connectivity index (χ3n) is 2.79. The molecule has 0 saturated carbocycles. The number of rotatable bonds is 3. The first-order chi connectivity index (χ1) is 9.80. The molecule has 112 valence electrons. The van der Waals surface area contributed by atoms with Gasteiger partial charge < -0.3 is 0 Å². The van der Waals surface area contributed by atoms with Crippen LogP contribution in [0.4, 0.5) is 13.2 Å². The van der Waals surface area contributed by atoms with Crippen molar-refractivity contribution in [3.8, 4) is 0 Å². The Morgan fingerprint density at radius 3 is 2.43 bits per heavy atom. The first-order valence-electron chi connectivity index (χ1n) is 6.20. The highest BCUT2D eigenvalue weighted by Crippen LogP contribution is 2.35. The molecule has 2 heterocycles. The highest BCUT2D eigenvalue weighted by molar-refractivity contribution is 7.85. The standard InChI is InChI=1S/C14H13F3N2OS/c1-9(2)13-11(14(15,16)17)7-10(8-19-13)21(20)12-5-3-4-6-18-12/h3-9H,1-2H3. The van der Waals surface area contributed by atoms with Gasteiger partial charge in [0.05, 0.1) is 16.2 Å². The van der Waals surface area contributed by atoms with Crippen molar-refractivity contribution >= 4 is 10.8 Å². The molecule has 0 spiro atoms. The van der Waals surface area contributed by atoms with E-state index in [0.717, 1.165) is 6.07 Å². The van der Waals surface area contributed by atoms with Crippen LogP contribution >= 0.6 is 0 Å². The zero-order valence-corrected chi connectivity index (χ0v) is 12.2. The van der Waals surface area contributed by atoms with Gasteiger partial charge in [-0.25, -0.2) is 9.19 Å². The van der Waals surface area contributed by atoms with E-state index < -0.39 is 22.5 Å². The maximum absolute atomic E-state index is 13.1. The van der Waals surface area contributed by atoms with Gasteiger partial charge in [0.1, 0.15) is 15.8 Å². The molecule has 1 unspecified atom stereocenters. The van der Waals surface area contributed by atoms with Gasteiger partial charge in [0.15, 0.2) is 0 Å². The minimum atomic E-state index is -4.53. The van der Waals surface area contributed by atoms with Gasteiger partial charge in [-0.05, 0) is 24.1 Å². The number of pyridine rings is 2. The first kappa shape index (κ1) is 15.6. The lowest BCUT2D eigenvalue weighted by molar-refractivity contribution is -0.138. The SMILES string of the molecule is CC(C)c1ncc(S(=O)c2ccccn2)cc1C(F)(F)F. The highest BCUT2D eigenvalue weighted by atomic mass is 32.2. The van der Waals surface area contributed by atoms with Gasteiger partial charge in [-0.3, -0.25) is 4.98 Å². The summed E-state index contributed by atoms with van der Waals surface area (Å²) in [7, 11) is -1.79. The Morgan fingerprint density at radius 1 is 1.19 bits per heavy atom. The van der Waals surface area contributed by atoms with E-state index in [0.29, 0.717) is 0 Å². The lowest BCUT2D eigenvalue weighted by Crippen LogP contribution is -2.13. The summed E-state index contributed by atoms with van der Waals surface area (Å²) in [5, 5.41) is 0.199. The topological polar surface area (TPSA) is 42.9 Å². The fourth-order valence-corrected chi connectivity index (χ4v) is 2.80. The average Bonchev–Trinajstić information content (AvgIpc) is 2.45. The van der Waals surface area contributed by atoms with Crippen molar-refractivity contribution in [2.45, 2.75) is 35.9 Å². The Bertz CT molecular complexity index is 657. The Morgan fingerprint density at radius 2 is 1.90 bits per heavy atom. The molecule has 2 aromatic heterocycles. The summed E-state index contributed by atoms with van der Waals surface area (Å²) < 4.78 is 51.5. The smallest absolute Gasteiger partial charge is 0.259 e. The molecule has 0 fully saturated rings. The van der Waals surface area contributed by atoms with E-state index in [9.17, 15) is 17.4 Å². The molecule has 0 N–H and O–H groups in total. The number of alkyl halides is 3. The van der Waals surface area contributed by atoms with Crippen molar-refractivity contribution in [3.05, 3.63) is 47.9 Å². The molecule has 2 aromatic rings. The zero-order chi connectivity index (χ0) is 15.6. The van der Waals surface area contributed by atoms with Crippen molar-refractivity contribution in [2.24, 2.45) is 0 Å². The van der Waals surface area contributed by atoms with Crippen molar-refractivity contribution < 1.29 is 17.4 Å². The fourth-order valence-electron chi connectivity index (χ4n) is 1.82. The van der Waals surface area contributed by atoms with Gasteiger partial charge in [0, 0.05) is 12.4 Å². The maximum atomic E-state index is 13.1. The summed E-state index contributed by atoms with van der Waals surface area (Å²) >= 11 is 0. The van der Waals surface area contributed by atoms with Crippen LogP contribution in [0.3, 0.4) is 0 Å². The molecule has 0 aliphatic rings. The van der Waals surface area contributed by atoms with Crippen LogP contribution in [-0.2, 0) is 17.0 Å². The molecule has 7 heteroatoms. The van der Waals surface area contributed by atoms with Gasteiger partial charge in [-0.2, -0.15) is 13.2 Å². The molecule has 21 heavy (non-hydrogen) atoms. The van der Waals surface area contributed by atoms with E-state index in [1.807, 2.05) is 0 Å². The minimum Gasteiger partial charge on any atom is -0.259 e. The summed E-state index contributed by atoms with van der Waals surface area (Å²) in [5.74, 6) is -0.376. The monoisotopic (exact) mass is 314 g/mol. The van der Waals surface area contributed by atoms with Crippen LogP contribution in [0.1, 0.15) is 31.0 Å². The van der Waals surface area contributed by atoms with Crippen LogP contribution in [0.25, 0.3) is 0 Å². The van der Waals surface area contributed by atoms with E-state index in [1.54, 1.807) is 26.0 Å². The summed E-state index contributed by atoms with van der Waals surface area (Å²) in [6.45, 7) is 3.26. The second-order valence-corrected chi connectivity index (χ2v) is 6.12. The van der Waals surface area contributed by atoms with Gasteiger partial charge in [-0.15, -0.1) is 0 Å². The normalized spacial score (nSPS) is 13.4. The van der Waals surface area contributed by atoms with Gasteiger partial charge >= 0.3 is 6.18 Å². The molecule has 0 radical (unpaired) electrons. The molecule has 0 aliphatic heterocycles. The van der Waals surface area contributed by atoms with Crippen LogP contribution in [0, 0.1) is 0 Å². The molecular formula is C14H13F3N2OS. The third-order valence-corrected chi connectivity index (χ3v) is 4.06. The summed E-state index contributed by atoms with van der Waals surface area (Å²) in [6.07, 6.45) is -1.87. The number of nitrogens with zero attached hydrogens (tertiary/aromatic N) is 2. The van der Waals surface area contributed by atoms with Crippen LogP contribution < -0.4 is 0 Å². The maximum Gasteiger partial charge on any atom is 0.418 e. The van der Waals surface area contributed by atoms with Gasteiger partial charge in [0.2, 0.25) is 0 Å². The number of aromatic nitrogens is 2. The van der Waals surface area contributed by atoms with Crippen LogP contribution in [0.2, 0.25) is 0 Å². The van der Waals surface area contributed by atoms with E-state index in [4.69, 9.17) is 0 Å². The van der Waals surface area contributed by atoms with Crippen LogP contribution in [-0.4, -0.2) is 14.2 Å². The molecule has 0 aromatic carbocycles. The van der Waals surface area contributed by atoms with Crippen LogP contribution in [0.15, 0.2) is 46.6 Å². The van der Waals surface area contributed by atoms with Gasteiger partial charge in [0.25, 0.3) is 0 Å². The molecular weight excluding hydrogens is 301 g/mol. The van der Waals surface area contributed by atoms with Gasteiger partial charge in [-0.1, -0.05) is 19.9 Å². The second kappa shape index (κ2) is 5.93. The number of hydrogen-bond donors (Lipinski definition) is 0. The Hall–Kier alpha value is -1.76. The van der Waals surface area contributed by atoms with Crippen molar-refractivity contribution in [1.29, 1.82) is 0 Å². The molecule has 1 atom stereocenters. The van der Waals surface area contributed by atoms with Crippen LogP contribution in [0.5, 0.6) is 0 Å². The Labute approximate surface area is 122 Å². The van der Waals surface area contributed by atoms with Crippen molar-refractivity contribution in [2.75, 3.05) is 0 Å². The van der Waals surface area contributed by atoms with E-state index >= 15 is 0 Å². The summed E-state index contributed by atoms with van der Waals surface area (Å²) in [5.41, 5.74) is -0.899. The third kappa shape index (κ3) is 3.47. The predicted octanol–water partition coefficient (Wildman–Crippen LogP) is 3.79. The van der Waals surface area contributed by atoms with E-state index in [-0.39, 0.29) is 21.5 Å². The number of halogens is 3. The lowest BCUT2D eigenvalue weighted by Gasteiger charge is -2.15. The summed E-state index contributed by atoms with van der Waals surface area (Å²) in [4.78, 5) is 7.74. The number of hydrogen-bond acceptors (Lipinski definition) is 3. The first-order valence-corrected chi connectivity index (χ1v) is 7.35. The quantitative estimate of drug-likeness (QED) is 0.866. The molecule has 3 nitrogen and oxygen atoms in total. The predicted molar refractivity (Wildman–Crippen MR) is 72.2 cm³/mol.